The third kappa shape index (κ3) is 7.32. The van der Waals surface area contributed by atoms with Gasteiger partial charge in [0.1, 0.15) is 11.5 Å². The molecule has 0 unspecified atom stereocenters. The van der Waals surface area contributed by atoms with Crippen molar-refractivity contribution in [1.29, 1.82) is 0 Å². The maximum atomic E-state index is 12.4. The fourth-order valence-electron chi connectivity index (χ4n) is 3.49. The van der Waals surface area contributed by atoms with E-state index in [0.29, 0.717) is 33.8 Å². The normalized spacial score (nSPS) is 10.5. The number of amides is 1. The predicted molar refractivity (Wildman–Crippen MR) is 149 cm³/mol. The number of anilines is 2. The van der Waals surface area contributed by atoms with Crippen molar-refractivity contribution in [3.8, 4) is 23.0 Å². The van der Waals surface area contributed by atoms with Crippen LogP contribution in [-0.4, -0.2) is 19.6 Å². The van der Waals surface area contributed by atoms with Crippen LogP contribution >= 0.6 is 23.2 Å². The van der Waals surface area contributed by atoms with Crippen molar-refractivity contribution >= 4 is 40.5 Å². The molecule has 2 N–H and O–H groups in total. The summed E-state index contributed by atoms with van der Waals surface area (Å²) in [4.78, 5) is 12.4. The lowest BCUT2D eigenvalue weighted by molar-refractivity contribution is -0.118. The van der Waals surface area contributed by atoms with Crippen molar-refractivity contribution in [3.05, 3.63) is 106 Å². The molecule has 1 amide bonds. The molecule has 4 rings (SSSR count). The smallest absolute Gasteiger partial charge is 0.262 e. The van der Waals surface area contributed by atoms with Crippen LogP contribution in [0.15, 0.2) is 84.9 Å². The highest BCUT2D eigenvalue weighted by Gasteiger charge is 2.14. The molecular weight excluding hydrogens is 511 g/mol. The van der Waals surface area contributed by atoms with E-state index >= 15 is 0 Å². The van der Waals surface area contributed by atoms with E-state index in [-0.39, 0.29) is 12.5 Å². The van der Waals surface area contributed by atoms with E-state index in [1.807, 2.05) is 73.7 Å². The van der Waals surface area contributed by atoms with E-state index in [1.54, 1.807) is 18.2 Å². The van der Waals surface area contributed by atoms with E-state index in [0.717, 1.165) is 28.3 Å². The van der Waals surface area contributed by atoms with Gasteiger partial charge < -0.3 is 24.8 Å². The van der Waals surface area contributed by atoms with Crippen LogP contribution in [0.25, 0.3) is 0 Å². The Morgan fingerprint density at radius 1 is 0.838 bits per heavy atom. The van der Waals surface area contributed by atoms with Crippen LogP contribution in [0.4, 0.5) is 11.4 Å². The summed E-state index contributed by atoms with van der Waals surface area (Å²) in [6.45, 7) is 2.16. The molecule has 0 heterocycles. The Morgan fingerprint density at radius 2 is 1.54 bits per heavy atom. The lowest BCUT2D eigenvalue weighted by Crippen LogP contribution is -2.20. The second-order valence-electron chi connectivity index (χ2n) is 8.20. The highest BCUT2D eigenvalue weighted by molar-refractivity contribution is 6.32. The number of benzene rings is 4. The van der Waals surface area contributed by atoms with Gasteiger partial charge in [-0.15, -0.1) is 0 Å². The molecule has 37 heavy (non-hydrogen) atoms. The first-order valence-corrected chi connectivity index (χ1v) is 12.3. The summed E-state index contributed by atoms with van der Waals surface area (Å²) in [7, 11) is 1.52. The van der Waals surface area contributed by atoms with Gasteiger partial charge >= 0.3 is 0 Å². The molecule has 0 atom stereocenters. The minimum absolute atomic E-state index is 0.240. The number of para-hydroxylation sites is 1. The lowest BCUT2D eigenvalue weighted by atomic mass is 10.2. The second-order valence-corrected chi connectivity index (χ2v) is 9.02. The molecular formula is C29H26Cl2N2O4. The molecule has 0 aliphatic rings. The van der Waals surface area contributed by atoms with Gasteiger partial charge in [-0.3, -0.25) is 4.79 Å². The Balaban J connectivity index is 1.34. The first-order valence-electron chi connectivity index (χ1n) is 11.5. The number of carbonyl (C=O) groups is 1. The number of carbonyl (C=O) groups excluding carboxylic acids is 1. The van der Waals surface area contributed by atoms with Gasteiger partial charge in [0, 0.05) is 22.9 Å². The molecule has 0 saturated carbocycles. The number of rotatable bonds is 10. The highest BCUT2D eigenvalue weighted by Crippen LogP contribution is 2.37. The summed E-state index contributed by atoms with van der Waals surface area (Å²) in [6.07, 6.45) is 0. The van der Waals surface area contributed by atoms with E-state index in [1.165, 1.54) is 7.11 Å². The maximum absolute atomic E-state index is 12.4. The van der Waals surface area contributed by atoms with Gasteiger partial charge in [0.05, 0.1) is 12.1 Å². The Morgan fingerprint density at radius 3 is 2.24 bits per heavy atom. The van der Waals surface area contributed by atoms with Crippen molar-refractivity contribution in [2.24, 2.45) is 0 Å². The zero-order valence-electron chi connectivity index (χ0n) is 20.4. The summed E-state index contributed by atoms with van der Waals surface area (Å²) in [6, 6.07) is 26.2. The number of ether oxygens (including phenoxy) is 3. The number of aryl methyl sites for hydroxylation is 1. The van der Waals surface area contributed by atoms with Gasteiger partial charge in [0.25, 0.3) is 5.91 Å². The van der Waals surface area contributed by atoms with Crippen molar-refractivity contribution in [3.63, 3.8) is 0 Å². The number of nitrogens with one attached hydrogen (secondary N) is 2. The molecule has 0 aliphatic heterocycles. The quantitative estimate of drug-likeness (QED) is 0.217. The number of methoxy groups -OCH3 is 1. The topological polar surface area (TPSA) is 68.8 Å². The summed E-state index contributed by atoms with van der Waals surface area (Å²) in [5.41, 5.74) is 3.32. The highest BCUT2D eigenvalue weighted by atomic mass is 35.5. The fraction of sp³-hybridized carbons (Fsp3) is 0.138. The SMILES string of the molecule is COc1cc(CNc2ccc(Oc3ccccc3)cc2)cc(Cl)c1OCC(=O)Nc1ccc(C)c(Cl)c1. The van der Waals surface area contributed by atoms with Gasteiger partial charge in [-0.25, -0.2) is 0 Å². The summed E-state index contributed by atoms with van der Waals surface area (Å²) < 4.78 is 17.0. The average molecular weight is 537 g/mol. The first kappa shape index (κ1) is 26.2. The number of hydrogen-bond acceptors (Lipinski definition) is 5. The molecule has 0 aromatic heterocycles. The Bertz CT molecular complexity index is 1360. The minimum atomic E-state index is -0.344. The summed E-state index contributed by atoms with van der Waals surface area (Å²) in [5.74, 6) is 1.92. The van der Waals surface area contributed by atoms with Crippen molar-refractivity contribution in [1.82, 2.24) is 0 Å². The van der Waals surface area contributed by atoms with Crippen LogP contribution in [-0.2, 0) is 11.3 Å². The molecule has 0 spiro atoms. The largest absolute Gasteiger partial charge is 0.493 e. The van der Waals surface area contributed by atoms with E-state index in [9.17, 15) is 4.79 Å². The van der Waals surface area contributed by atoms with Crippen LogP contribution in [0, 0.1) is 6.92 Å². The van der Waals surface area contributed by atoms with Crippen LogP contribution in [0.3, 0.4) is 0 Å². The van der Waals surface area contributed by atoms with Gasteiger partial charge in [-0.05, 0) is 78.7 Å². The summed E-state index contributed by atoms with van der Waals surface area (Å²) >= 11 is 12.6. The first-order chi connectivity index (χ1) is 17.9. The Kier molecular flexibility index (Phi) is 8.77. The predicted octanol–water partition coefficient (Wildman–Crippen LogP) is 7.73. The van der Waals surface area contributed by atoms with E-state index in [4.69, 9.17) is 37.4 Å². The molecule has 0 bridgehead atoms. The van der Waals surface area contributed by atoms with Crippen LogP contribution in [0.2, 0.25) is 10.0 Å². The molecule has 0 radical (unpaired) electrons. The zero-order valence-corrected chi connectivity index (χ0v) is 21.9. The van der Waals surface area contributed by atoms with Gasteiger partial charge in [-0.2, -0.15) is 0 Å². The van der Waals surface area contributed by atoms with E-state index in [2.05, 4.69) is 10.6 Å². The van der Waals surface area contributed by atoms with Crippen LogP contribution in [0.1, 0.15) is 11.1 Å². The standard InChI is InChI=1S/C29H26Cl2N2O4/c1-19-8-9-22(16-25(19)30)33-28(34)18-36-29-26(31)14-20(15-27(29)35-2)17-32-21-10-12-24(13-11-21)37-23-6-4-3-5-7-23/h3-16,32H,17-18H2,1-2H3,(H,33,34). The van der Waals surface area contributed by atoms with Crippen molar-refractivity contribution in [2.45, 2.75) is 13.5 Å². The third-order valence-corrected chi connectivity index (χ3v) is 6.11. The van der Waals surface area contributed by atoms with Gasteiger partial charge in [0.2, 0.25) is 0 Å². The maximum Gasteiger partial charge on any atom is 0.262 e. The number of halogens is 2. The number of hydrogen-bond donors (Lipinski definition) is 2. The summed E-state index contributed by atoms with van der Waals surface area (Å²) in [5, 5.41) is 7.02. The average Bonchev–Trinajstić information content (AvgIpc) is 2.90. The molecule has 0 aliphatic carbocycles. The lowest BCUT2D eigenvalue weighted by Gasteiger charge is -2.15. The van der Waals surface area contributed by atoms with Crippen molar-refractivity contribution in [2.75, 3.05) is 24.4 Å². The molecule has 8 heteroatoms. The van der Waals surface area contributed by atoms with Crippen molar-refractivity contribution < 1.29 is 19.0 Å². The van der Waals surface area contributed by atoms with Gasteiger partial charge in [0.15, 0.2) is 18.1 Å². The molecule has 190 valence electrons. The molecule has 6 nitrogen and oxygen atoms in total. The fourth-order valence-corrected chi connectivity index (χ4v) is 3.96. The zero-order chi connectivity index (χ0) is 26.2. The Labute approximate surface area is 226 Å². The van der Waals surface area contributed by atoms with Gasteiger partial charge in [-0.1, -0.05) is 47.5 Å². The molecule has 4 aromatic rings. The minimum Gasteiger partial charge on any atom is -0.493 e. The second kappa shape index (κ2) is 12.4. The monoisotopic (exact) mass is 536 g/mol. The van der Waals surface area contributed by atoms with E-state index < -0.39 is 0 Å². The molecule has 0 fully saturated rings. The van der Waals surface area contributed by atoms with Crippen LogP contribution in [0.5, 0.6) is 23.0 Å². The molecule has 0 saturated heterocycles. The Hall–Kier alpha value is -3.87. The molecule has 4 aromatic carbocycles. The van der Waals surface area contributed by atoms with Crippen LogP contribution < -0.4 is 24.8 Å². The third-order valence-electron chi connectivity index (χ3n) is 5.42.